The molecule has 0 aliphatic heterocycles. The number of pyridine rings is 1. The zero-order chi connectivity index (χ0) is 21.2. The Morgan fingerprint density at radius 2 is 2.14 bits per heavy atom. The normalized spacial score (nSPS) is 16.7. The fourth-order valence-electron chi connectivity index (χ4n) is 2.17. The van der Waals surface area contributed by atoms with Crippen molar-refractivity contribution in [2.75, 3.05) is 6.61 Å². The fourth-order valence-corrected chi connectivity index (χ4v) is 3.07. The molecular weight excluding hydrogens is 423 g/mol. The summed E-state index contributed by atoms with van der Waals surface area (Å²) in [5.41, 5.74) is -5.78. The van der Waals surface area contributed by atoms with Crippen molar-refractivity contribution in [3.63, 3.8) is 0 Å². The Morgan fingerprint density at radius 1 is 1.50 bits per heavy atom. The number of hydrogen-bond donors (Lipinski definition) is 2. The molecule has 1 aliphatic carbocycles. The topological polar surface area (TPSA) is 97.4 Å². The van der Waals surface area contributed by atoms with E-state index in [-0.39, 0.29) is 30.0 Å². The van der Waals surface area contributed by atoms with Gasteiger partial charge in [0.2, 0.25) is 5.91 Å². The molecule has 1 fully saturated rings. The van der Waals surface area contributed by atoms with Gasteiger partial charge in [0.15, 0.2) is 0 Å². The third-order valence-electron chi connectivity index (χ3n) is 3.95. The van der Waals surface area contributed by atoms with E-state index in [0.717, 1.165) is 0 Å². The summed E-state index contributed by atoms with van der Waals surface area (Å²) >= 11 is 5.97. The van der Waals surface area contributed by atoms with E-state index in [0.29, 0.717) is 18.4 Å². The lowest BCUT2D eigenvalue weighted by molar-refractivity contribution is -0.124. The van der Waals surface area contributed by atoms with E-state index < -0.39 is 27.0 Å². The van der Waals surface area contributed by atoms with Crippen molar-refractivity contribution in [1.82, 2.24) is 15.0 Å². The largest absolute Gasteiger partial charge is 0.511 e. The SMILES string of the molecule is C#CC1(C(=O)NCc2cc(OC[C@H](C)NS(=O)(=O)C(F)(F)F)cnc2Cl)CC1. The summed E-state index contributed by atoms with van der Waals surface area (Å²) in [6.07, 6.45) is 7.78. The first-order chi connectivity index (χ1) is 12.9. The highest BCUT2D eigenvalue weighted by molar-refractivity contribution is 7.90. The highest BCUT2D eigenvalue weighted by atomic mass is 35.5. The molecular formula is C16H17ClF3N3O4S. The number of aromatic nitrogens is 1. The van der Waals surface area contributed by atoms with Gasteiger partial charge in [-0.15, -0.1) is 6.42 Å². The van der Waals surface area contributed by atoms with Crippen LogP contribution in [0, 0.1) is 17.8 Å². The van der Waals surface area contributed by atoms with Crippen LogP contribution in [-0.4, -0.2) is 37.5 Å². The number of sulfonamides is 1. The second kappa shape index (κ2) is 8.14. The summed E-state index contributed by atoms with van der Waals surface area (Å²) in [4.78, 5) is 15.9. The Labute approximate surface area is 165 Å². The van der Waals surface area contributed by atoms with Crippen molar-refractivity contribution in [3.05, 3.63) is 23.0 Å². The van der Waals surface area contributed by atoms with Crippen LogP contribution in [0.4, 0.5) is 13.2 Å². The van der Waals surface area contributed by atoms with Crippen LogP contribution in [0.1, 0.15) is 25.3 Å². The van der Waals surface area contributed by atoms with Gasteiger partial charge < -0.3 is 10.1 Å². The molecule has 2 rings (SSSR count). The van der Waals surface area contributed by atoms with Gasteiger partial charge in [-0.3, -0.25) is 4.79 Å². The number of rotatable bonds is 8. The number of hydrogen-bond acceptors (Lipinski definition) is 5. The molecule has 0 bridgehead atoms. The molecule has 0 saturated heterocycles. The number of amides is 1. The van der Waals surface area contributed by atoms with E-state index in [4.69, 9.17) is 22.8 Å². The number of carbonyl (C=O) groups is 1. The van der Waals surface area contributed by atoms with Crippen molar-refractivity contribution in [1.29, 1.82) is 0 Å². The molecule has 12 heteroatoms. The zero-order valence-electron chi connectivity index (χ0n) is 14.6. The fraction of sp³-hybridized carbons (Fsp3) is 0.500. The van der Waals surface area contributed by atoms with Crippen molar-refractivity contribution in [3.8, 4) is 18.1 Å². The molecule has 7 nitrogen and oxygen atoms in total. The average Bonchev–Trinajstić information content (AvgIpc) is 3.39. The molecule has 1 saturated carbocycles. The number of nitrogens with zero attached hydrogens (tertiary/aromatic N) is 1. The van der Waals surface area contributed by atoms with Crippen molar-refractivity contribution >= 4 is 27.5 Å². The van der Waals surface area contributed by atoms with E-state index in [9.17, 15) is 26.4 Å². The summed E-state index contributed by atoms with van der Waals surface area (Å²) in [7, 11) is -5.48. The van der Waals surface area contributed by atoms with E-state index in [1.54, 1.807) is 0 Å². The van der Waals surface area contributed by atoms with Crippen molar-refractivity contribution in [2.45, 2.75) is 37.9 Å². The van der Waals surface area contributed by atoms with Crippen LogP contribution in [0.2, 0.25) is 5.15 Å². The minimum Gasteiger partial charge on any atom is -0.490 e. The van der Waals surface area contributed by atoms with Gasteiger partial charge in [0.05, 0.1) is 12.2 Å². The molecule has 1 aliphatic rings. The van der Waals surface area contributed by atoms with Gasteiger partial charge in [0.1, 0.15) is 22.9 Å². The highest BCUT2D eigenvalue weighted by Gasteiger charge is 2.48. The molecule has 0 aromatic carbocycles. The molecule has 1 heterocycles. The van der Waals surface area contributed by atoms with E-state index in [2.05, 4.69) is 16.2 Å². The highest BCUT2D eigenvalue weighted by Crippen LogP contribution is 2.45. The van der Waals surface area contributed by atoms with Gasteiger partial charge in [-0.05, 0) is 25.8 Å². The molecule has 0 spiro atoms. The Hall–Kier alpha value is -2.03. The third kappa shape index (κ3) is 5.27. The summed E-state index contributed by atoms with van der Waals surface area (Å²) in [6, 6.07) is 0.284. The predicted octanol–water partition coefficient (Wildman–Crippen LogP) is 1.97. The smallest absolute Gasteiger partial charge is 0.490 e. The number of halogens is 4. The lowest BCUT2D eigenvalue weighted by Gasteiger charge is -2.17. The average molecular weight is 440 g/mol. The van der Waals surface area contributed by atoms with Crippen LogP contribution in [0.15, 0.2) is 12.3 Å². The molecule has 1 amide bonds. The standard InChI is InChI=1S/C16H17ClF3N3O4S/c1-3-15(4-5-15)14(24)22-7-11-6-12(8-21-13(11)17)27-9-10(2)23-28(25,26)16(18,19)20/h1,6,8,10,23H,4-5,7,9H2,2H3,(H,22,24)/t10-/m0/s1. The van der Waals surface area contributed by atoms with Crippen LogP contribution in [0.3, 0.4) is 0 Å². The first kappa shape index (κ1) is 22.3. The minimum absolute atomic E-state index is 0.0293. The molecule has 154 valence electrons. The van der Waals surface area contributed by atoms with Gasteiger partial charge in [0.25, 0.3) is 0 Å². The monoisotopic (exact) mass is 439 g/mol. The molecule has 1 aromatic rings. The van der Waals surface area contributed by atoms with E-state index in [1.165, 1.54) is 23.9 Å². The van der Waals surface area contributed by atoms with Crippen LogP contribution in [-0.2, 0) is 21.4 Å². The number of alkyl halides is 3. The molecule has 2 N–H and O–H groups in total. The quantitative estimate of drug-likeness (QED) is 0.477. The summed E-state index contributed by atoms with van der Waals surface area (Å²) < 4.78 is 65.9. The summed E-state index contributed by atoms with van der Waals surface area (Å²) in [5.74, 6) is 2.30. The second-order valence-electron chi connectivity index (χ2n) is 6.31. The van der Waals surface area contributed by atoms with Crippen LogP contribution in [0.5, 0.6) is 5.75 Å². The summed E-state index contributed by atoms with van der Waals surface area (Å²) in [5, 5.41) is 2.76. The maximum Gasteiger partial charge on any atom is 0.511 e. The van der Waals surface area contributed by atoms with Crippen LogP contribution < -0.4 is 14.8 Å². The number of carbonyl (C=O) groups excluding carboxylic acids is 1. The molecule has 0 unspecified atom stereocenters. The van der Waals surface area contributed by atoms with Gasteiger partial charge in [-0.1, -0.05) is 17.5 Å². The Kier molecular flexibility index (Phi) is 6.48. The van der Waals surface area contributed by atoms with Crippen LogP contribution >= 0.6 is 11.6 Å². The van der Waals surface area contributed by atoms with Gasteiger partial charge >= 0.3 is 15.5 Å². The molecule has 0 radical (unpaired) electrons. The maximum atomic E-state index is 12.4. The Morgan fingerprint density at radius 3 is 2.68 bits per heavy atom. The van der Waals surface area contributed by atoms with Gasteiger partial charge in [0, 0.05) is 12.1 Å². The molecule has 28 heavy (non-hydrogen) atoms. The van der Waals surface area contributed by atoms with E-state index >= 15 is 0 Å². The summed E-state index contributed by atoms with van der Waals surface area (Å²) in [6.45, 7) is 0.856. The van der Waals surface area contributed by atoms with Gasteiger partial charge in [-0.25, -0.2) is 18.1 Å². The third-order valence-corrected chi connectivity index (χ3v) is 5.61. The number of ether oxygens (including phenoxy) is 1. The molecule has 1 atom stereocenters. The number of terminal acetylenes is 1. The first-order valence-electron chi connectivity index (χ1n) is 8.02. The zero-order valence-corrected chi connectivity index (χ0v) is 16.2. The van der Waals surface area contributed by atoms with Crippen LogP contribution in [0.25, 0.3) is 0 Å². The maximum absolute atomic E-state index is 12.4. The first-order valence-corrected chi connectivity index (χ1v) is 9.88. The van der Waals surface area contributed by atoms with Gasteiger partial charge in [-0.2, -0.15) is 13.2 Å². The minimum atomic E-state index is -5.48. The lowest BCUT2D eigenvalue weighted by atomic mass is 10.1. The predicted molar refractivity (Wildman–Crippen MR) is 94.7 cm³/mol. The van der Waals surface area contributed by atoms with Crippen molar-refractivity contribution in [2.24, 2.45) is 5.41 Å². The lowest BCUT2D eigenvalue weighted by Crippen LogP contribution is -2.43. The Balaban J connectivity index is 1.94. The van der Waals surface area contributed by atoms with E-state index in [1.807, 2.05) is 0 Å². The number of nitrogens with one attached hydrogen (secondary N) is 2. The van der Waals surface area contributed by atoms with Crippen molar-refractivity contribution < 1.29 is 31.1 Å². The Bertz CT molecular complexity index is 895. The molecule has 1 aromatic heterocycles. The second-order valence-corrected chi connectivity index (χ2v) is 8.37.